The van der Waals surface area contributed by atoms with E-state index in [-0.39, 0.29) is 0 Å². The van der Waals surface area contributed by atoms with Crippen molar-refractivity contribution >= 4 is 8.58 Å². The van der Waals surface area contributed by atoms with Crippen LogP contribution in [0.1, 0.15) is 58.3 Å². The molecule has 1 rings (SSSR count). The Bertz CT molecular complexity index is 191. The predicted octanol–water partition coefficient (Wildman–Crippen LogP) is 5.48. The Labute approximate surface area is 90.6 Å². The second-order valence-electron chi connectivity index (χ2n) is 4.00. The predicted molar refractivity (Wildman–Crippen MR) is 66.8 cm³/mol. The molecule has 0 unspecified atom stereocenters. The van der Waals surface area contributed by atoms with E-state index in [1.165, 1.54) is 59.9 Å². The molecule has 0 amide bonds. The summed E-state index contributed by atoms with van der Waals surface area (Å²) >= 11 is 0. The molecule has 0 aromatic rings. The van der Waals surface area contributed by atoms with E-state index in [9.17, 15) is 0 Å². The molecule has 0 aromatic heterocycles. The first-order chi connectivity index (χ1) is 6.93. The average Bonchev–Trinajstić information content (AvgIpc) is 2.69. The zero-order valence-corrected chi connectivity index (χ0v) is 10.2. The van der Waals surface area contributed by atoms with Gasteiger partial charge < -0.3 is 0 Å². The highest BCUT2D eigenvalue weighted by molar-refractivity contribution is 7.47. The topological polar surface area (TPSA) is 0 Å². The number of allylic oxidation sites excluding steroid dienone is 3. The van der Waals surface area contributed by atoms with E-state index in [4.69, 9.17) is 0 Å². The molecule has 0 aliphatic carbocycles. The maximum Gasteiger partial charge on any atom is -0.0225 e. The highest BCUT2D eigenvalue weighted by atomic mass is 31.1. The standard InChI is InChI=1S/C13H22P/c1-2-3-4-5-6-7-8-10-13-11-9-12-14-13/h9,11-12H,2-8,10H2,1H3. The SMILES string of the molecule is CCCCCCCCCC1=CC=C[P]1. The van der Waals surface area contributed by atoms with Crippen molar-refractivity contribution in [2.75, 3.05) is 0 Å². The third-order valence-electron chi connectivity index (χ3n) is 2.65. The van der Waals surface area contributed by atoms with Crippen molar-refractivity contribution in [3.8, 4) is 0 Å². The fraction of sp³-hybridized carbons (Fsp3) is 0.692. The Morgan fingerprint density at radius 2 is 1.71 bits per heavy atom. The van der Waals surface area contributed by atoms with Crippen molar-refractivity contribution < 1.29 is 0 Å². The maximum atomic E-state index is 2.28. The number of rotatable bonds is 8. The molecule has 0 nitrogen and oxygen atoms in total. The molecule has 0 saturated carbocycles. The van der Waals surface area contributed by atoms with Crippen molar-refractivity contribution in [2.24, 2.45) is 0 Å². The van der Waals surface area contributed by atoms with Crippen LogP contribution in [0.3, 0.4) is 0 Å². The molecule has 0 bridgehead atoms. The molecule has 1 aliphatic rings. The van der Waals surface area contributed by atoms with Gasteiger partial charge in [0.1, 0.15) is 0 Å². The van der Waals surface area contributed by atoms with Crippen LogP contribution in [-0.2, 0) is 0 Å². The second kappa shape index (κ2) is 8.24. The molecule has 0 spiro atoms. The van der Waals surface area contributed by atoms with E-state index in [1.807, 2.05) is 0 Å². The summed E-state index contributed by atoms with van der Waals surface area (Å²) in [7, 11) is 1.44. The lowest BCUT2D eigenvalue weighted by Gasteiger charge is -2.01. The summed E-state index contributed by atoms with van der Waals surface area (Å²) in [4.78, 5) is 0. The van der Waals surface area contributed by atoms with E-state index in [2.05, 4.69) is 24.9 Å². The Kier molecular flexibility index (Phi) is 7.05. The second-order valence-corrected chi connectivity index (χ2v) is 5.13. The molecule has 0 N–H and O–H groups in total. The van der Waals surface area contributed by atoms with Gasteiger partial charge in [0.2, 0.25) is 0 Å². The van der Waals surface area contributed by atoms with Gasteiger partial charge in [0.15, 0.2) is 0 Å². The maximum absolute atomic E-state index is 2.28. The molecule has 1 aliphatic heterocycles. The van der Waals surface area contributed by atoms with Gasteiger partial charge in [-0.1, -0.05) is 63.4 Å². The fourth-order valence-electron chi connectivity index (χ4n) is 1.75. The Hall–Kier alpha value is -0.0900. The fourth-order valence-corrected chi connectivity index (χ4v) is 2.57. The van der Waals surface area contributed by atoms with Gasteiger partial charge in [0.05, 0.1) is 0 Å². The highest BCUT2D eigenvalue weighted by Gasteiger charge is 1.99. The van der Waals surface area contributed by atoms with Crippen LogP contribution < -0.4 is 0 Å². The molecular weight excluding hydrogens is 187 g/mol. The van der Waals surface area contributed by atoms with Crippen LogP contribution in [0.5, 0.6) is 0 Å². The van der Waals surface area contributed by atoms with E-state index in [0.717, 1.165) is 0 Å². The average molecular weight is 209 g/mol. The Morgan fingerprint density at radius 3 is 2.36 bits per heavy atom. The van der Waals surface area contributed by atoms with E-state index >= 15 is 0 Å². The van der Waals surface area contributed by atoms with Gasteiger partial charge in [-0.25, -0.2) is 0 Å². The van der Waals surface area contributed by atoms with Crippen LogP contribution in [0.15, 0.2) is 23.3 Å². The summed E-state index contributed by atoms with van der Waals surface area (Å²) in [5, 5.41) is 1.61. The van der Waals surface area contributed by atoms with Crippen molar-refractivity contribution in [1.82, 2.24) is 0 Å². The van der Waals surface area contributed by atoms with Gasteiger partial charge in [-0.05, 0) is 26.7 Å². The van der Waals surface area contributed by atoms with Crippen molar-refractivity contribution in [3.63, 3.8) is 0 Å². The van der Waals surface area contributed by atoms with Crippen LogP contribution in [0.2, 0.25) is 0 Å². The van der Waals surface area contributed by atoms with Crippen LogP contribution in [0.25, 0.3) is 0 Å². The molecular formula is C13H22P. The van der Waals surface area contributed by atoms with Crippen molar-refractivity contribution in [2.45, 2.75) is 58.3 Å². The van der Waals surface area contributed by atoms with Gasteiger partial charge in [0, 0.05) is 0 Å². The van der Waals surface area contributed by atoms with Gasteiger partial charge in [-0.15, -0.1) is 0 Å². The van der Waals surface area contributed by atoms with Gasteiger partial charge in [-0.2, -0.15) is 0 Å². The molecule has 0 saturated heterocycles. The Morgan fingerprint density at radius 1 is 1.00 bits per heavy atom. The molecule has 1 heterocycles. The highest BCUT2D eigenvalue weighted by Crippen LogP contribution is 2.34. The molecule has 0 fully saturated rings. The summed E-state index contributed by atoms with van der Waals surface area (Å²) in [5.41, 5.74) is 0. The van der Waals surface area contributed by atoms with Gasteiger partial charge in [0.25, 0.3) is 0 Å². The number of unbranched alkanes of at least 4 members (excludes halogenated alkanes) is 6. The molecule has 1 heteroatoms. The first-order valence-electron chi connectivity index (χ1n) is 6.00. The third kappa shape index (κ3) is 5.60. The molecule has 0 atom stereocenters. The minimum atomic E-state index is 1.32. The quantitative estimate of drug-likeness (QED) is 0.366. The summed E-state index contributed by atoms with van der Waals surface area (Å²) in [6.45, 7) is 2.28. The van der Waals surface area contributed by atoms with Crippen molar-refractivity contribution in [1.29, 1.82) is 0 Å². The summed E-state index contributed by atoms with van der Waals surface area (Å²) in [5.74, 6) is 2.23. The summed E-state index contributed by atoms with van der Waals surface area (Å²) in [6, 6.07) is 0. The third-order valence-corrected chi connectivity index (χ3v) is 3.68. The van der Waals surface area contributed by atoms with Gasteiger partial charge in [-0.3, -0.25) is 0 Å². The summed E-state index contributed by atoms with van der Waals surface area (Å²) in [6.07, 6.45) is 15.7. The minimum Gasteiger partial charge on any atom is -0.0654 e. The van der Waals surface area contributed by atoms with E-state index in [0.29, 0.717) is 0 Å². The first kappa shape index (κ1) is 12.0. The monoisotopic (exact) mass is 209 g/mol. The summed E-state index contributed by atoms with van der Waals surface area (Å²) < 4.78 is 0. The first-order valence-corrected chi connectivity index (χ1v) is 6.96. The Balaban J connectivity index is 1.80. The molecule has 79 valence electrons. The van der Waals surface area contributed by atoms with Gasteiger partial charge >= 0.3 is 0 Å². The van der Waals surface area contributed by atoms with Crippen LogP contribution >= 0.6 is 8.58 Å². The van der Waals surface area contributed by atoms with Crippen LogP contribution in [0, 0.1) is 0 Å². The molecule has 14 heavy (non-hydrogen) atoms. The normalized spacial score (nSPS) is 16.5. The lowest BCUT2D eigenvalue weighted by atomic mass is 10.1. The smallest absolute Gasteiger partial charge is 0.0225 e. The number of hydrogen-bond donors (Lipinski definition) is 0. The van der Waals surface area contributed by atoms with E-state index in [1.54, 1.807) is 5.31 Å². The largest absolute Gasteiger partial charge is 0.0654 e. The number of hydrogen-bond acceptors (Lipinski definition) is 0. The van der Waals surface area contributed by atoms with Crippen molar-refractivity contribution in [3.05, 3.63) is 23.3 Å². The van der Waals surface area contributed by atoms with E-state index < -0.39 is 0 Å². The molecule has 1 radical (unpaired) electrons. The zero-order chi connectivity index (χ0) is 10.1. The molecule has 0 aromatic carbocycles. The van der Waals surface area contributed by atoms with Crippen LogP contribution in [-0.4, -0.2) is 0 Å². The minimum absolute atomic E-state index is 1.32. The zero-order valence-electron chi connectivity index (χ0n) is 9.34. The lowest BCUT2D eigenvalue weighted by Crippen LogP contribution is -1.80. The van der Waals surface area contributed by atoms with Crippen LogP contribution in [0.4, 0.5) is 0 Å². The lowest BCUT2D eigenvalue weighted by molar-refractivity contribution is 0.591.